The highest BCUT2D eigenvalue weighted by Gasteiger charge is 2.19. The number of aliphatic hydroxyl groups excluding tert-OH is 1. The van der Waals surface area contributed by atoms with E-state index in [0.29, 0.717) is 19.6 Å². The molecule has 6 nitrogen and oxygen atoms in total. The first-order valence-electron chi connectivity index (χ1n) is 8.83. The van der Waals surface area contributed by atoms with Crippen LogP contribution in [0.3, 0.4) is 0 Å². The van der Waals surface area contributed by atoms with Crippen LogP contribution in [0.2, 0.25) is 0 Å². The van der Waals surface area contributed by atoms with Crippen LogP contribution >= 0.6 is 0 Å². The smallest absolute Gasteiger partial charge is 0.216 e. The first-order valence-corrected chi connectivity index (χ1v) is 8.83. The van der Waals surface area contributed by atoms with Crippen molar-refractivity contribution < 1.29 is 9.84 Å². The number of rotatable bonds is 7. The molecule has 2 heterocycles. The van der Waals surface area contributed by atoms with E-state index in [9.17, 15) is 5.11 Å². The number of hydrogen-bond donors (Lipinski definition) is 2. The monoisotopic (exact) mass is 344 g/mol. The zero-order valence-corrected chi connectivity index (χ0v) is 15.3. The minimum atomic E-state index is -0.395. The van der Waals surface area contributed by atoms with Gasteiger partial charge in [0.1, 0.15) is 0 Å². The average Bonchev–Trinajstić information content (AvgIpc) is 2.87. The van der Waals surface area contributed by atoms with Gasteiger partial charge in [0.05, 0.1) is 24.5 Å². The second-order valence-corrected chi connectivity index (χ2v) is 6.74. The highest BCUT2D eigenvalue weighted by Crippen LogP contribution is 2.21. The van der Waals surface area contributed by atoms with Gasteiger partial charge >= 0.3 is 0 Å². The van der Waals surface area contributed by atoms with Crippen molar-refractivity contribution >= 4 is 0 Å². The summed E-state index contributed by atoms with van der Waals surface area (Å²) in [6.45, 7) is 5.77. The van der Waals surface area contributed by atoms with Gasteiger partial charge in [-0.15, -0.1) is 0 Å². The summed E-state index contributed by atoms with van der Waals surface area (Å²) in [6.07, 6.45) is 0.663. The van der Waals surface area contributed by atoms with Crippen molar-refractivity contribution in [1.82, 2.24) is 20.0 Å². The van der Waals surface area contributed by atoms with Crippen LogP contribution in [0.4, 0.5) is 0 Å². The molecule has 0 spiro atoms. The van der Waals surface area contributed by atoms with Gasteiger partial charge in [-0.3, -0.25) is 4.90 Å². The Morgan fingerprint density at radius 1 is 1.32 bits per heavy atom. The lowest BCUT2D eigenvalue weighted by atomic mass is 10.00. The number of hydrogen-bond acceptors (Lipinski definition) is 5. The zero-order valence-electron chi connectivity index (χ0n) is 15.3. The SMILES string of the molecule is COc1c(CNCC(O)CN2CCc3ccccc3C2)c(C)nn1C. The highest BCUT2D eigenvalue weighted by atomic mass is 16.5. The predicted molar refractivity (Wildman–Crippen MR) is 97.6 cm³/mol. The van der Waals surface area contributed by atoms with E-state index in [0.717, 1.165) is 36.6 Å². The molecule has 0 saturated carbocycles. The Balaban J connectivity index is 1.47. The summed E-state index contributed by atoms with van der Waals surface area (Å²) in [7, 11) is 3.53. The van der Waals surface area contributed by atoms with Crippen molar-refractivity contribution in [3.05, 3.63) is 46.6 Å². The molecule has 1 aliphatic heterocycles. The maximum absolute atomic E-state index is 10.4. The molecule has 6 heteroatoms. The summed E-state index contributed by atoms with van der Waals surface area (Å²) in [5, 5.41) is 18.1. The largest absolute Gasteiger partial charge is 0.481 e. The molecule has 2 aromatic rings. The molecule has 0 saturated heterocycles. The molecule has 0 radical (unpaired) electrons. The van der Waals surface area contributed by atoms with E-state index >= 15 is 0 Å². The predicted octanol–water partition coefficient (Wildman–Crippen LogP) is 1.25. The third-order valence-electron chi connectivity index (χ3n) is 4.84. The van der Waals surface area contributed by atoms with Gasteiger partial charge in [0.2, 0.25) is 5.88 Å². The number of methoxy groups -OCH3 is 1. The van der Waals surface area contributed by atoms with Gasteiger partial charge in [-0.25, -0.2) is 4.68 Å². The number of benzene rings is 1. The summed E-state index contributed by atoms with van der Waals surface area (Å²) in [4.78, 5) is 2.32. The fraction of sp³-hybridized carbons (Fsp3) is 0.526. The lowest BCUT2D eigenvalue weighted by molar-refractivity contribution is 0.104. The van der Waals surface area contributed by atoms with E-state index < -0.39 is 6.10 Å². The molecule has 1 aromatic heterocycles. The van der Waals surface area contributed by atoms with Crippen molar-refractivity contribution in [3.63, 3.8) is 0 Å². The van der Waals surface area contributed by atoms with Crippen molar-refractivity contribution in [2.75, 3.05) is 26.7 Å². The third kappa shape index (κ3) is 4.21. The second kappa shape index (κ2) is 7.99. The van der Waals surface area contributed by atoms with Crippen molar-refractivity contribution in [2.45, 2.75) is 32.5 Å². The van der Waals surface area contributed by atoms with Crippen LogP contribution < -0.4 is 10.1 Å². The highest BCUT2D eigenvalue weighted by molar-refractivity contribution is 5.31. The molecule has 25 heavy (non-hydrogen) atoms. The van der Waals surface area contributed by atoms with Crippen LogP contribution in [0.15, 0.2) is 24.3 Å². The van der Waals surface area contributed by atoms with Crippen LogP contribution in [0.25, 0.3) is 0 Å². The zero-order chi connectivity index (χ0) is 17.8. The molecule has 2 N–H and O–H groups in total. The van der Waals surface area contributed by atoms with Gasteiger partial charge in [-0.2, -0.15) is 5.10 Å². The number of aliphatic hydroxyl groups is 1. The van der Waals surface area contributed by atoms with E-state index in [4.69, 9.17) is 4.74 Å². The van der Waals surface area contributed by atoms with E-state index in [1.807, 2.05) is 14.0 Å². The Labute approximate surface area is 149 Å². The molecule has 1 unspecified atom stereocenters. The summed E-state index contributed by atoms with van der Waals surface area (Å²) in [5.74, 6) is 0.770. The minimum Gasteiger partial charge on any atom is -0.481 e. The molecule has 0 amide bonds. The second-order valence-electron chi connectivity index (χ2n) is 6.74. The number of β-amino-alcohol motifs (C(OH)–C–C–N with tert-alkyl or cyclic N) is 1. The normalized spacial score (nSPS) is 15.8. The fourth-order valence-corrected chi connectivity index (χ4v) is 3.58. The average molecular weight is 344 g/mol. The molecule has 136 valence electrons. The van der Waals surface area contributed by atoms with Crippen LogP contribution in [0.5, 0.6) is 5.88 Å². The number of aromatic nitrogens is 2. The van der Waals surface area contributed by atoms with Crippen molar-refractivity contribution in [3.8, 4) is 5.88 Å². The molecule has 1 aliphatic rings. The first kappa shape index (κ1) is 17.9. The summed E-state index contributed by atoms with van der Waals surface area (Å²) in [6, 6.07) is 8.57. The molecule has 0 aliphatic carbocycles. The van der Waals surface area contributed by atoms with Gasteiger partial charge < -0.3 is 15.2 Å². The van der Waals surface area contributed by atoms with Crippen molar-refractivity contribution in [2.24, 2.45) is 7.05 Å². The third-order valence-corrected chi connectivity index (χ3v) is 4.84. The Bertz CT molecular complexity index is 713. The van der Waals surface area contributed by atoms with Crippen LogP contribution in [0, 0.1) is 6.92 Å². The lowest BCUT2D eigenvalue weighted by Gasteiger charge is -2.30. The minimum absolute atomic E-state index is 0.395. The van der Waals surface area contributed by atoms with E-state index in [-0.39, 0.29) is 0 Å². The van der Waals surface area contributed by atoms with Crippen LogP contribution in [-0.2, 0) is 26.6 Å². The summed E-state index contributed by atoms with van der Waals surface area (Å²) < 4.78 is 7.14. The van der Waals surface area contributed by atoms with E-state index in [1.54, 1.807) is 11.8 Å². The molecule has 1 aromatic carbocycles. The number of nitrogens with zero attached hydrogens (tertiary/aromatic N) is 3. The summed E-state index contributed by atoms with van der Waals surface area (Å²) in [5.41, 5.74) is 4.81. The maximum atomic E-state index is 10.4. The first-order chi connectivity index (χ1) is 12.1. The molecule has 1 atom stereocenters. The Hall–Kier alpha value is -1.89. The maximum Gasteiger partial charge on any atom is 0.216 e. The van der Waals surface area contributed by atoms with Gasteiger partial charge in [-0.1, -0.05) is 24.3 Å². The number of fused-ring (bicyclic) bond motifs is 1. The number of aryl methyl sites for hydroxylation is 2. The lowest BCUT2D eigenvalue weighted by Crippen LogP contribution is -2.40. The van der Waals surface area contributed by atoms with Crippen molar-refractivity contribution in [1.29, 1.82) is 0 Å². The molecule has 0 fully saturated rings. The molecule has 3 rings (SSSR count). The number of ether oxygens (including phenoxy) is 1. The topological polar surface area (TPSA) is 62.5 Å². The van der Waals surface area contributed by atoms with Gasteiger partial charge in [0, 0.05) is 39.8 Å². The van der Waals surface area contributed by atoms with E-state index in [2.05, 4.69) is 39.6 Å². The standard InChI is InChI=1S/C19H28N4O2/c1-14-18(19(25-3)22(2)21-14)11-20-10-17(24)13-23-9-8-15-6-4-5-7-16(15)12-23/h4-7,17,20,24H,8-13H2,1-3H3. The Kier molecular flexibility index (Phi) is 5.73. The number of nitrogens with one attached hydrogen (secondary N) is 1. The molecular weight excluding hydrogens is 316 g/mol. The quantitative estimate of drug-likeness (QED) is 0.791. The fourth-order valence-electron chi connectivity index (χ4n) is 3.58. The Morgan fingerprint density at radius 2 is 2.08 bits per heavy atom. The van der Waals surface area contributed by atoms with Gasteiger partial charge in [0.15, 0.2) is 0 Å². The van der Waals surface area contributed by atoms with E-state index in [1.165, 1.54) is 11.1 Å². The van der Waals surface area contributed by atoms with Gasteiger partial charge in [-0.05, 0) is 24.5 Å². The Morgan fingerprint density at radius 3 is 2.84 bits per heavy atom. The van der Waals surface area contributed by atoms with Gasteiger partial charge in [0.25, 0.3) is 0 Å². The van der Waals surface area contributed by atoms with Crippen LogP contribution in [-0.4, -0.2) is 52.6 Å². The molecule has 0 bridgehead atoms. The van der Waals surface area contributed by atoms with Crippen LogP contribution in [0.1, 0.15) is 22.4 Å². The summed E-state index contributed by atoms with van der Waals surface area (Å²) >= 11 is 0. The molecular formula is C19H28N4O2.